The van der Waals surface area contributed by atoms with Crippen LogP contribution in [0.15, 0.2) is 0 Å². The fourth-order valence-corrected chi connectivity index (χ4v) is 4.54. The van der Waals surface area contributed by atoms with Crippen LogP contribution in [0.5, 0.6) is 0 Å². The van der Waals surface area contributed by atoms with Crippen LogP contribution in [0.1, 0.15) is 32.1 Å². The minimum absolute atomic E-state index is 0.0355. The van der Waals surface area contributed by atoms with Crippen molar-refractivity contribution in [2.75, 3.05) is 12.3 Å². The summed E-state index contributed by atoms with van der Waals surface area (Å²) in [6.45, 7) is 0.381. The molecular formula is C14H23N3O5S. The monoisotopic (exact) mass is 345 g/mol. The number of fused-ring (bicyclic) bond motifs is 1. The zero-order valence-corrected chi connectivity index (χ0v) is 13.6. The molecule has 2 heterocycles. The molecule has 0 aromatic heterocycles. The van der Waals surface area contributed by atoms with Gasteiger partial charge >= 0.3 is 18.0 Å². The summed E-state index contributed by atoms with van der Waals surface area (Å²) in [5.74, 6) is -0.893. The molecule has 2 amide bonds. The van der Waals surface area contributed by atoms with Crippen molar-refractivity contribution in [1.29, 1.82) is 0 Å². The lowest BCUT2D eigenvalue weighted by Crippen LogP contribution is -2.39. The first-order valence-electron chi connectivity index (χ1n) is 7.84. The van der Waals surface area contributed by atoms with Crippen molar-refractivity contribution in [3.05, 3.63) is 0 Å². The summed E-state index contributed by atoms with van der Waals surface area (Å²) in [7, 11) is 0. The maximum Gasteiger partial charge on any atom is 0.320 e. The van der Waals surface area contributed by atoms with Crippen molar-refractivity contribution in [1.82, 2.24) is 16.0 Å². The maximum atomic E-state index is 11.3. The zero-order chi connectivity index (χ0) is 16.8. The zero-order valence-electron chi connectivity index (χ0n) is 12.8. The predicted molar refractivity (Wildman–Crippen MR) is 85.6 cm³/mol. The molecule has 0 aromatic carbocycles. The third-order valence-electron chi connectivity index (χ3n) is 4.18. The van der Waals surface area contributed by atoms with Crippen LogP contribution in [0, 0.1) is 0 Å². The second kappa shape index (κ2) is 8.39. The normalized spacial score (nSPS) is 27.1. The molecule has 4 atom stereocenters. The summed E-state index contributed by atoms with van der Waals surface area (Å²) in [6.07, 6.45) is 2.55. The Bertz CT molecular complexity index is 462. The molecule has 0 bridgehead atoms. The Morgan fingerprint density at radius 1 is 1.30 bits per heavy atom. The first kappa shape index (κ1) is 17.9. The van der Waals surface area contributed by atoms with Crippen LogP contribution in [-0.2, 0) is 9.59 Å². The molecule has 0 aromatic rings. The Labute approximate surface area is 138 Å². The Balaban J connectivity index is 1.67. The van der Waals surface area contributed by atoms with Crippen molar-refractivity contribution in [3.63, 3.8) is 0 Å². The van der Waals surface area contributed by atoms with Gasteiger partial charge in [0.05, 0.1) is 12.1 Å². The average molecular weight is 345 g/mol. The molecule has 0 saturated carbocycles. The Morgan fingerprint density at radius 2 is 2.09 bits per heavy atom. The van der Waals surface area contributed by atoms with Crippen molar-refractivity contribution in [2.24, 2.45) is 0 Å². The van der Waals surface area contributed by atoms with Crippen LogP contribution in [0.2, 0.25) is 0 Å². The largest absolute Gasteiger partial charge is 0.481 e. The number of hydrogen-bond acceptors (Lipinski definition) is 5. The van der Waals surface area contributed by atoms with Crippen molar-refractivity contribution in [2.45, 2.75) is 55.5 Å². The van der Waals surface area contributed by atoms with E-state index in [0.29, 0.717) is 24.6 Å². The first-order valence-corrected chi connectivity index (χ1v) is 8.89. The van der Waals surface area contributed by atoms with Gasteiger partial charge in [-0.1, -0.05) is 6.42 Å². The van der Waals surface area contributed by atoms with Gasteiger partial charge in [0, 0.05) is 17.4 Å². The summed E-state index contributed by atoms with van der Waals surface area (Å²) in [5, 5.41) is 26.8. The number of carbonyl (C=O) groups excluding carboxylic acids is 1. The average Bonchev–Trinajstić information content (AvgIpc) is 3.00. The van der Waals surface area contributed by atoms with E-state index in [0.717, 1.165) is 18.6 Å². The summed E-state index contributed by atoms with van der Waals surface area (Å²) in [5.41, 5.74) is 0. The van der Waals surface area contributed by atoms with Crippen LogP contribution < -0.4 is 16.0 Å². The molecule has 2 fully saturated rings. The number of amides is 2. The molecule has 0 radical (unpaired) electrons. The number of urea groups is 1. The second-order valence-electron chi connectivity index (χ2n) is 5.90. The molecule has 5 N–H and O–H groups in total. The van der Waals surface area contributed by atoms with Gasteiger partial charge < -0.3 is 26.2 Å². The van der Waals surface area contributed by atoms with Gasteiger partial charge in [-0.3, -0.25) is 9.59 Å². The van der Waals surface area contributed by atoms with Gasteiger partial charge in [-0.25, -0.2) is 4.79 Å². The minimum Gasteiger partial charge on any atom is -0.481 e. The van der Waals surface area contributed by atoms with Gasteiger partial charge in [-0.05, 0) is 25.8 Å². The highest BCUT2D eigenvalue weighted by molar-refractivity contribution is 8.00. The van der Waals surface area contributed by atoms with E-state index in [2.05, 4.69) is 16.0 Å². The maximum absolute atomic E-state index is 11.3. The quantitative estimate of drug-likeness (QED) is 0.283. The molecule has 2 aliphatic rings. The van der Waals surface area contributed by atoms with Gasteiger partial charge in [0.25, 0.3) is 0 Å². The molecule has 2 aliphatic heterocycles. The van der Waals surface area contributed by atoms with E-state index in [-0.39, 0.29) is 24.5 Å². The number of rotatable bonds is 10. The van der Waals surface area contributed by atoms with Crippen LogP contribution >= 0.6 is 11.8 Å². The summed E-state index contributed by atoms with van der Waals surface area (Å²) in [6, 6.07) is -0.447. The molecule has 23 heavy (non-hydrogen) atoms. The fourth-order valence-electron chi connectivity index (χ4n) is 2.99. The number of nitrogens with one attached hydrogen (secondary N) is 3. The van der Waals surface area contributed by atoms with E-state index in [4.69, 9.17) is 5.11 Å². The van der Waals surface area contributed by atoms with Crippen molar-refractivity contribution in [3.8, 4) is 0 Å². The van der Waals surface area contributed by atoms with Gasteiger partial charge in [0.1, 0.15) is 6.04 Å². The topological polar surface area (TPSA) is 128 Å². The van der Waals surface area contributed by atoms with E-state index in [1.165, 1.54) is 0 Å². The number of hydrogen-bond donors (Lipinski definition) is 5. The molecule has 0 spiro atoms. The molecule has 9 heteroatoms. The summed E-state index contributed by atoms with van der Waals surface area (Å²) in [4.78, 5) is 33.0. The Kier molecular flexibility index (Phi) is 6.52. The molecule has 2 rings (SSSR count). The van der Waals surface area contributed by atoms with Crippen LogP contribution in [-0.4, -0.2) is 63.9 Å². The fraction of sp³-hybridized carbons (Fsp3) is 0.786. The van der Waals surface area contributed by atoms with E-state index in [1.54, 1.807) is 0 Å². The third-order valence-corrected chi connectivity index (χ3v) is 5.68. The molecule has 1 unspecified atom stereocenters. The van der Waals surface area contributed by atoms with E-state index < -0.39 is 18.0 Å². The smallest absolute Gasteiger partial charge is 0.320 e. The van der Waals surface area contributed by atoms with Crippen LogP contribution in [0.25, 0.3) is 0 Å². The summed E-state index contributed by atoms with van der Waals surface area (Å²) >= 11 is 1.81. The van der Waals surface area contributed by atoms with Crippen molar-refractivity contribution >= 4 is 29.7 Å². The van der Waals surface area contributed by atoms with Crippen LogP contribution in [0.4, 0.5) is 4.79 Å². The van der Waals surface area contributed by atoms with Crippen LogP contribution in [0.3, 0.4) is 0 Å². The molecule has 8 nitrogen and oxygen atoms in total. The molecule has 0 aliphatic carbocycles. The lowest BCUT2D eigenvalue weighted by atomic mass is 10.0. The number of thioether (sulfide) groups is 1. The third kappa shape index (κ3) is 5.28. The van der Waals surface area contributed by atoms with Gasteiger partial charge in [0.15, 0.2) is 0 Å². The lowest BCUT2D eigenvalue weighted by molar-refractivity contribution is -0.139. The van der Waals surface area contributed by atoms with Gasteiger partial charge in [-0.15, -0.1) is 0 Å². The number of carboxylic acid groups (broad SMARTS) is 2. The SMILES string of the molecule is O=C(O)CCCNC(CCC[C@@H]1SC[C@@H]2NC(=O)N[C@@H]21)C(=O)O. The van der Waals surface area contributed by atoms with Gasteiger partial charge in [-0.2, -0.15) is 11.8 Å². The second-order valence-corrected chi connectivity index (χ2v) is 7.17. The van der Waals surface area contributed by atoms with E-state index >= 15 is 0 Å². The Hall–Kier alpha value is -1.48. The highest BCUT2D eigenvalue weighted by Crippen LogP contribution is 2.33. The lowest BCUT2D eigenvalue weighted by Gasteiger charge is -2.18. The Morgan fingerprint density at radius 3 is 2.78 bits per heavy atom. The molecule has 130 valence electrons. The minimum atomic E-state index is -0.909. The standard InChI is InChI=1S/C14H23N3O5S/c18-11(19)5-2-6-15-8(13(20)21)3-1-4-10-12-9(7-23-10)16-14(22)17-12/h8-10,12,15H,1-7H2,(H,18,19)(H,20,21)(H2,16,17,22)/t8?,9-,10-,12-/m0/s1. The predicted octanol–water partition coefficient (Wildman–Crippen LogP) is 0.230. The van der Waals surface area contributed by atoms with E-state index in [9.17, 15) is 19.5 Å². The highest BCUT2D eigenvalue weighted by Gasteiger charge is 2.42. The number of aliphatic carboxylic acids is 2. The number of carboxylic acids is 2. The summed E-state index contributed by atoms with van der Waals surface area (Å²) < 4.78 is 0. The number of carbonyl (C=O) groups is 3. The van der Waals surface area contributed by atoms with E-state index in [1.807, 2.05) is 11.8 Å². The van der Waals surface area contributed by atoms with Crippen molar-refractivity contribution < 1.29 is 24.6 Å². The highest BCUT2D eigenvalue weighted by atomic mass is 32.2. The van der Waals surface area contributed by atoms with Gasteiger partial charge in [0.2, 0.25) is 0 Å². The molecular weight excluding hydrogens is 322 g/mol. The molecule has 2 saturated heterocycles. The first-order chi connectivity index (χ1) is 11.0.